The largest absolute Gasteiger partial charge is 0.480 e. The highest BCUT2D eigenvalue weighted by atomic mass is 16.4. The van der Waals surface area contributed by atoms with Gasteiger partial charge in [0.05, 0.1) is 6.10 Å². The van der Waals surface area contributed by atoms with E-state index in [1.165, 1.54) is 4.90 Å². The van der Waals surface area contributed by atoms with E-state index in [9.17, 15) is 19.5 Å². The van der Waals surface area contributed by atoms with Gasteiger partial charge < -0.3 is 25.7 Å². The second-order valence-electron chi connectivity index (χ2n) is 5.42. The molecule has 0 aromatic rings. The number of aliphatic hydroxyl groups excluding tert-OH is 1. The number of primary amides is 1. The molecule has 1 rings (SSSR count). The Bertz CT molecular complexity index is 399. The zero-order valence-electron chi connectivity index (χ0n) is 11.7. The Hall–Kier alpha value is -1.83. The van der Waals surface area contributed by atoms with Crippen molar-refractivity contribution in [1.29, 1.82) is 0 Å². The van der Waals surface area contributed by atoms with Crippen molar-refractivity contribution in [1.82, 2.24) is 9.80 Å². The molecule has 0 saturated carbocycles. The highest BCUT2D eigenvalue weighted by Gasteiger charge is 2.40. The summed E-state index contributed by atoms with van der Waals surface area (Å²) in [4.78, 5) is 36.8. The predicted molar refractivity (Wildman–Crippen MR) is 69.8 cm³/mol. The van der Waals surface area contributed by atoms with Crippen molar-refractivity contribution in [2.24, 2.45) is 11.7 Å². The lowest BCUT2D eigenvalue weighted by Gasteiger charge is -2.30. The van der Waals surface area contributed by atoms with Crippen LogP contribution in [0.25, 0.3) is 0 Å². The van der Waals surface area contributed by atoms with Crippen LogP contribution in [0.1, 0.15) is 20.3 Å². The van der Waals surface area contributed by atoms with Gasteiger partial charge >= 0.3 is 12.0 Å². The molecule has 0 bridgehead atoms. The van der Waals surface area contributed by atoms with E-state index in [0.29, 0.717) is 6.54 Å². The molecule has 8 heteroatoms. The van der Waals surface area contributed by atoms with Crippen LogP contribution in [-0.2, 0) is 9.59 Å². The van der Waals surface area contributed by atoms with Gasteiger partial charge in [-0.15, -0.1) is 0 Å². The van der Waals surface area contributed by atoms with Gasteiger partial charge in [0.15, 0.2) is 0 Å². The van der Waals surface area contributed by atoms with Gasteiger partial charge in [-0.05, 0) is 5.92 Å². The minimum Gasteiger partial charge on any atom is -0.480 e. The number of nitrogens with zero attached hydrogens (tertiary/aromatic N) is 2. The maximum absolute atomic E-state index is 12.3. The highest BCUT2D eigenvalue weighted by molar-refractivity contribution is 5.86. The Morgan fingerprint density at radius 3 is 2.45 bits per heavy atom. The molecule has 0 spiro atoms. The summed E-state index contributed by atoms with van der Waals surface area (Å²) in [7, 11) is 0. The van der Waals surface area contributed by atoms with E-state index in [0.717, 1.165) is 4.90 Å². The Labute approximate surface area is 117 Å². The van der Waals surface area contributed by atoms with Crippen LogP contribution in [0.15, 0.2) is 0 Å². The van der Waals surface area contributed by atoms with Crippen molar-refractivity contribution in [2.75, 3.05) is 19.6 Å². The average molecular weight is 287 g/mol. The number of hydrogen-bond donors (Lipinski definition) is 3. The lowest BCUT2D eigenvalue weighted by Crippen LogP contribution is -2.51. The van der Waals surface area contributed by atoms with Gasteiger partial charge in [-0.25, -0.2) is 9.59 Å². The minimum absolute atomic E-state index is 0.00678. The molecule has 8 nitrogen and oxygen atoms in total. The average Bonchev–Trinajstić information content (AvgIpc) is 2.68. The Balaban J connectivity index is 2.86. The molecule has 1 unspecified atom stereocenters. The van der Waals surface area contributed by atoms with E-state index in [1.807, 2.05) is 13.8 Å². The highest BCUT2D eigenvalue weighted by Crippen LogP contribution is 2.20. The predicted octanol–water partition coefficient (Wildman–Crippen LogP) is -0.930. The lowest BCUT2D eigenvalue weighted by molar-refractivity contribution is -0.141. The third kappa shape index (κ3) is 4.09. The number of amides is 3. The van der Waals surface area contributed by atoms with Crippen molar-refractivity contribution in [3.8, 4) is 0 Å². The number of hydrogen-bond acceptors (Lipinski definition) is 4. The van der Waals surface area contributed by atoms with Gasteiger partial charge in [0, 0.05) is 19.5 Å². The molecule has 0 aromatic heterocycles. The quantitative estimate of drug-likeness (QED) is 0.602. The molecule has 1 aliphatic heterocycles. The minimum atomic E-state index is -1.17. The Kier molecular flexibility index (Phi) is 5.32. The molecule has 114 valence electrons. The fraction of sp³-hybridized carbons (Fsp3) is 0.750. The van der Waals surface area contributed by atoms with Gasteiger partial charge in [-0.3, -0.25) is 4.79 Å². The van der Waals surface area contributed by atoms with Crippen LogP contribution in [0.3, 0.4) is 0 Å². The molecular weight excluding hydrogens is 266 g/mol. The number of β-amino-alcohol motifs (C(OH)–C–C–N with tert-alkyl or cyclic N) is 1. The first-order chi connectivity index (χ1) is 9.22. The number of nitrogens with two attached hydrogens (primary N) is 1. The van der Waals surface area contributed by atoms with Crippen molar-refractivity contribution in [3.63, 3.8) is 0 Å². The van der Waals surface area contributed by atoms with Crippen LogP contribution < -0.4 is 5.73 Å². The molecule has 3 amide bonds. The van der Waals surface area contributed by atoms with Gasteiger partial charge in [0.25, 0.3) is 0 Å². The SMILES string of the molecule is CC(C)CN(CC(N)=O)C(=O)N1CC(O)C[C@H]1C(=O)O. The van der Waals surface area contributed by atoms with E-state index in [-0.39, 0.29) is 25.4 Å². The summed E-state index contributed by atoms with van der Waals surface area (Å²) < 4.78 is 0. The molecule has 1 aliphatic rings. The fourth-order valence-electron chi connectivity index (χ4n) is 2.28. The van der Waals surface area contributed by atoms with E-state index in [1.54, 1.807) is 0 Å². The zero-order chi connectivity index (χ0) is 15.4. The molecule has 1 saturated heterocycles. The van der Waals surface area contributed by atoms with Crippen molar-refractivity contribution < 1.29 is 24.6 Å². The van der Waals surface area contributed by atoms with E-state index >= 15 is 0 Å². The molecule has 1 fully saturated rings. The number of aliphatic carboxylic acids is 1. The number of carboxylic acid groups (broad SMARTS) is 1. The van der Waals surface area contributed by atoms with Crippen molar-refractivity contribution >= 4 is 17.9 Å². The van der Waals surface area contributed by atoms with E-state index in [4.69, 9.17) is 10.8 Å². The number of aliphatic hydroxyl groups is 1. The molecule has 1 heterocycles. The van der Waals surface area contributed by atoms with Crippen LogP contribution in [0.2, 0.25) is 0 Å². The number of likely N-dealkylation sites (tertiary alicyclic amines) is 1. The third-order valence-corrected chi connectivity index (χ3v) is 3.01. The third-order valence-electron chi connectivity index (χ3n) is 3.01. The second-order valence-corrected chi connectivity index (χ2v) is 5.42. The molecule has 0 radical (unpaired) electrons. The second kappa shape index (κ2) is 6.56. The summed E-state index contributed by atoms with van der Waals surface area (Å²) in [5, 5.41) is 18.6. The first-order valence-corrected chi connectivity index (χ1v) is 6.47. The van der Waals surface area contributed by atoms with Gasteiger partial charge in [0.2, 0.25) is 5.91 Å². The standard InChI is InChI=1S/C12H21N3O5/c1-7(2)4-14(6-10(13)17)12(20)15-5-8(16)3-9(15)11(18)19/h7-9,16H,3-6H2,1-2H3,(H2,13,17)(H,18,19)/t8?,9-/m0/s1. The van der Waals surface area contributed by atoms with Crippen LogP contribution in [0.5, 0.6) is 0 Å². The van der Waals surface area contributed by atoms with Crippen LogP contribution in [0.4, 0.5) is 4.79 Å². The van der Waals surface area contributed by atoms with Crippen LogP contribution >= 0.6 is 0 Å². The normalized spacial score (nSPS) is 22.1. The summed E-state index contributed by atoms with van der Waals surface area (Å²) in [5.41, 5.74) is 5.11. The van der Waals surface area contributed by atoms with Crippen molar-refractivity contribution in [2.45, 2.75) is 32.4 Å². The summed E-state index contributed by atoms with van der Waals surface area (Å²) in [5.74, 6) is -1.72. The topological polar surface area (TPSA) is 124 Å². The summed E-state index contributed by atoms with van der Waals surface area (Å²) in [6, 6.07) is -1.65. The maximum atomic E-state index is 12.3. The molecular formula is C12H21N3O5. The molecule has 0 aromatic carbocycles. The lowest BCUT2D eigenvalue weighted by atomic mass is 10.2. The monoisotopic (exact) mass is 287 g/mol. The fourth-order valence-corrected chi connectivity index (χ4v) is 2.28. The number of carbonyl (C=O) groups is 3. The zero-order valence-corrected chi connectivity index (χ0v) is 11.7. The molecule has 0 aliphatic carbocycles. The smallest absolute Gasteiger partial charge is 0.326 e. The van der Waals surface area contributed by atoms with Crippen LogP contribution in [0, 0.1) is 5.92 Å². The Morgan fingerprint density at radius 1 is 1.40 bits per heavy atom. The summed E-state index contributed by atoms with van der Waals surface area (Å²) >= 11 is 0. The van der Waals surface area contributed by atoms with Gasteiger partial charge in [-0.2, -0.15) is 0 Å². The van der Waals surface area contributed by atoms with Crippen molar-refractivity contribution in [3.05, 3.63) is 0 Å². The number of carbonyl (C=O) groups excluding carboxylic acids is 2. The molecule has 20 heavy (non-hydrogen) atoms. The van der Waals surface area contributed by atoms with Crippen LogP contribution in [-0.4, -0.2) is 69.7 Å². The van der Waals surface area contributed by atoms with Gasteiger partial charge in [-0.1, -0.05) is 13.8 Å². The number of urea groups is 1. The number of rotatable bonds is 5. The first kappa shape index (κ1) is 16.2. The van der Waals surface area contributed by atoms with E-state index < -0.39 is 30.1 Å². The molecule has 2 atom stereocenters. The van der Waals surface area contributed by atoms with Gasteiger partial charge in [0.1, 0.15) is 12.6 Å². The number of carboxylic acids is 1. The first-order valence-electron chi connectivity index (χ1n) is 6.47. The maximum Gasteiger partial charge on any atom is 0.326 e. The molecule has 4 N–H and O–H groups in total. The Morgan fingerprint density at radius 2 is 2.00 bits per heavy atom. The van der Waals surface area contributed by atoms with E-state index in [2.05, 4.69) is 0 Å². The summed E-state index contributed by atoms with van der Waals surface area (Å²) in [6.07, 6.45) is -0.873. The summed E-state index contributed by atoms with van der Waals surface area (Å²) in [6.45, 7) is 3.71.